The Morgan fingerprint density at radius 2 is 1.85 bits per heavy atom. The zero-order valence-corrected chi connectivity index (χ0v) is 14.9. The second-order valence-electron chi connectivity index (χ2n) is 6.17. The van der Waals surface area contributed by atoms with Crippen molar-refractivity contribution >= 4 is 11.6 Å². The highest BCUT2D eigenvalue weighted by molar-refractivity contribution is 5.92. The summed E-state index contributed by atoms with van der Waals surface area (Å²) in [6.45, 7) is 1.93. The minimum Gasteiger partial charge on any atom is -0.320 e. The second kappa shape index (κ2) is 8.05. The van der Waals surface area contributed by atoms with Crippen molar-refractivity contribution in [1.82, 2.24) is 19.7 Å². The molecule has 1 atom stereocenters. The normalized spacial score (nSPS) is 12.2. The number of carbonyl (C=O) groups excluding carboxylic acids is 1. The molecular weight excluding hydrogens is 352 g/mol. The number of carbonyl (C=O) groups is 1. The first-order valence-corrected chi connectivity index (χ1v) is 8.35. The Bertz CT molecular complexity index is 892. The third kappa shape index (κ3) is 4.35. The quantitative estimate of drug-likeness (QED) is 0.723. The number of likely N-dealkylation sites (N-methyl/N-ethyl adjacent to an activating group) is 1. The zero-order valence-electron chi connectivity index (χ0n) is 14.9. The van der Waals surface area contributed by atoms with Crippen molar-refractivity contribution in [3.05, 3.63) is 72.3 Å². The molecule has 3 aromatic rings. The number of halogens is 2. The summed E-state index contributed by atoms with van der Waals surface area (Å²) in [7, 11) is 1.77. The van der Waals surface area contributed by atoms with E-state index in [1.807, 2.05) is 31.2 Å². The van der Waals surface area contributed by atoms with E-state index in [4.69, 9.17) is 0 Å². The fourth-order valence-corrected chi connectivity index (χ4v) is 2.66. The van der Waals surface area contributed by atoms with Crippen LogP contribution in [0, 0.1) is 11.6 Å². The van der Waals surface area contributed by atoms with Gasteiger partial charge in [0.25, 0.3) is 0 Å². The number of amides is 1. The van der Waals surface area contributed by atoms with Crippen LogP contribution in [-0.2, 0) is 4.79 Å². The van der Waals surface area contributed by atoms with Gasteiger partial charge in [-0.05, 0) is 43.8 Å². The van der Waals surface area contributed by atoms with Crippen LogP contribution in [0.3, 0.4) is 0 Å². The predicted octanol–water partition coefficient (Wildman–Crippen LogP) is 3.18. The minimum atomic E-state index is -0.803. The van der Waals surface area contributed by atoms with E-state index in [9.17, 15) is 13.6 Å². The number of rotatable bonds is 6. The number of hydrogen-bond acceptors (Lipinski definition) is 4. The number of anilines is 1. The number of para-hydroxylation sites is 1. The molecule has 0 aliphatic rings. The molecule has 0 aliphatic heterocycles. The average Bonchev–Trinajstić information content (AvgIpc) is 3.19. The first-order valence-electron chi connectivity index (χ1n) is 8.35. The Morgan fingerprint density at radius 3 is 2.44 bits per heavy atom. The van der Waals surface area contributed by atoms with Crippen LogP contribution >= 0.6 is 0 Å². The zero-order chi connectivity index (χ0) is 19.4. The van der Waals surface area contributed by atoms with Crippen molar-refractivity contribution in [1.29, 1.82) is 0 Å². The molecule has 0 unspecified atom stereocenters. The van der Waals surface area contributed by atoms with Crippen molar-refractivity contribution in [3.63, 3.8) is 0 Å². The molecule has 3 rings (SSSR count). The van der Waals surface area contributed by atoms with Crippen LogP contribution < -0.4 is 5.32 Å². The standard InChI is InChI=1S/C19H19F2N5O/c1-13(14-6-8-15(9-7-14)26-12-22-11-23-26)25(2)10-18(27)24-19-16(20)4-3-5-17(19)21/h3-9,11-13H,10H2,1-2H3,(H,24,27)/t13-/m0/s1. The lowest BCUT2D eigenvalue weighted by Gasteiger charge is -2.24. The van der Waals surface area contributed by atoms with Gasteiger partial charge < -0.3 is 5.32 Å². The molecule has 140 valence electrons. The number of benzene rings is 2. The molecule has 0 aliphatic carbocycles. The summed E-state index contributed by atoms with van der Waals surface area (Å²) >= 11 is 0. The highest BCUT2D eigenvalue weighted by atomic mass is 19.1. The fraction of sp³-hybridized carbons (Fsp3) is 0.211. The van der Waals surface area contributed by atoms with Crippen LogP contribution in [0.25, 0.3) is 5.69 Å². The molecule has 1 N–H and O–H groups in total. The highest BCUT2D eigenvalue weighted by Crippen LogP contribution is 2.21. The summed E-state index contributed by atoms with van der Waals surface area (Å²) in [6.07, 6.45) is 3.07. The molecule has 0 saturated heterocycles. The highest BCUT2D eigenvalue weighted by Gasteiger charge is 2.17. The van der Waals surface area contributed by atoms with Gasteiger partial charge in [-0.3, -0.25) is 9.69 Å². The monoisotopic (exact) mass is 371 g/mol. The van der Waals surface area contributed by atoms with E-state index in [1.165, 1.54) is 12.4 Å². The molecule has 0 radical (unpaired) electrons. The maximum atomic E-state index is 13.6. The largest absolute Gasteiger partial charge is 0.320 e. The van der Waals surface area contributed by atoms with E-state index in [2.05, 4.69) is 15.4 Å². The van der Waals surface area contributed by atoms with Crippen molar-refractivity contribution in [2.24, 2.45) is 0 Å². The predicted molar refractivity (Wildman–Crippen MR) is 97.4 cm³/mol. The van der Waals surface area contributed by atoms with Crippen LogP contribution in [0.2, 0.25) is 0 Å². The third-order valence-electron chi connectivity index (χ3n) is 4.34. The van der Waals surface area contributed by atoms with Crippen LogP contribution in [0.15, 0.2) is 55.1 Å². The van der Waals surface area contributed by atoms with Crippen molar-refractivity contribution < 1.29 is 13.6 Å². The molecule has 0 spiro atoms. The first kappa shape index (κ1) is 18.7. The Labute approximate surface area is 155 Å². The number of nitrogens with zero attached hydrogens (tertiary/aromatic N) is 4. The van der Waals surface area contributed by atoms with Gasteiger partial charge in [-0.25, -0.2) is 18.4 Å². The second-order valence-corrected chi connectivity index (χ2v) is 6.17. The van der Waals surface area contributed by atoms with Crippen molar-refractivity contribution in [3.8, 4) is 5.69 Å². The van der Waals surface area contributed by atoms with E-state index < -0.39 is 23.2 Å². The summed E-state index contributed by atoms with van der Waals surface area (Å²) in [5, 5.41) is 6.36. The maximum absolute atomic E-state index is 13.6. The van der Waals surface area contributed by atoms with Crippen molar-refractivity contribution in [2.75, 3.05) is 18.9 Å². The van der Waals surface area contributed by atoms with E-state index in [-0.39, 0.29) is 12.6 Å². The lowest BCUT2D eigenvalue weighted by Crippen LogP contribution is -2.32. The molecule has 1 aromatic heterocycles. The van der Waals surface area contributed by atoms with E-state index in [1.54, 1.807) is 23.0 Å². The molecule has 1 amide bonds. The number of hydrogen-bond donors (Lipinski definition) is 1. The Balaban J connectivity index is 1.63. The van der Waals surface area contributed by atoms with Gasteiger partial charge in [-0.1, -0.05) is 18.2 Å². The SMILES string of the molecule is C[C@@H](c1ccc(-n2cncn2)cc1)N(C)CC(=O)Nc1c(F)cccc1F. The van der Waals surface area contributed by atoms with Gasteiger partial charge in [0.1, 0.15) is 30.0 Å². The molecule has 1 heterocycles. The average molecular weight is 371 g/mol. The van der Waals surface area contributed by atoms with Gasteiger partial charge in [0.05, 0.1) is 12.2 Å². The van der Waals surface area contributed by atoms with Gasteiger partial charge in [-0.2, -0.15) is 5.10 Å². The Morgan fingerprint density at radius 1 is 1.19 bits per heavy atom. The van der Waals surface area contributed by atoms with Crippen LogP contribution in [0.4, 0.5) is 14.5 Å². The Hall–Kier alpha value is -3.13. The number of nitrogens with one attached hydrogen (secondary N) is 1. The van der Waals surface area contributed by atoms with E-state index in [0.29, 0.717) is 0 Å². The molecule has 0 bridgehead atoms. The summed E-state index contributed by atoms with van der Waals surface area (Å²) in [6, 6.07) is 11.1. The lowest BCUT2D eigenvalue weighted by atomic mass is 10.1. The maximum Gasteiger partial charge on any atom is 0.238 e. The molecule has 6 nitrogen and oxygen atoms in total. The third-order valence-corrected chi connectivity index (χ3v) is 4.34. The van der Waals surface area contributed by atoms with Gasteiger partial charge in [0, 0.05) is 6.04 Å². The molecule has 27 heavy (non-hydrogen) atoms. The molecule has 8 heteroatoms. The smallest absolute Gasteiger partial charge is 0.238 e. The fourth-order valence-electron chi connectivity index (χ4n) is 2.66. The minimum absolute atomic E-state index is 0.0141. The summed E-state index contributed by atoms with van der Waals surface area (Å²) in [4.78, 5) is 17.9. The van der Waals surface area contributed by atoms with E-state index in [0.717, 1.165) is 23.4 Å². The summed E-state index contributed by atoms with van der Waals surface area (Å²) in [5.41, 5.74) is 1.44. The van der Waals surface area contributed by atoms with Crippen molar-refractivity contribution in [2.45, 2.75) is 13.0 Å². The lowest BCUT2D eigenvalue weighted by molar-refractivity contribution is -0.117. The van der Waals surface area contributed by atoms with Gasteiger partial charge >= 0.3 is 0 Å². The number of aromatic nitrogens is 3. The van der Waals surface area contributed by atoms with Gasteiger partial charge in [0.2, 0.25) is 5.91 Å². The Kier molecular flexibility index (Phi) is 5.56. The van der Waals surface area contributed by atoms with Crippen LogP contribution in [0.1, 0.15) is 18.5 Å². The summed E-state index contributed by atoms with van der Waals surface area (Å²) < 4.78 is 28.9. The molecular formula is C19H19F2N5O. The topological polar surface area (TPSA) is 63.1 Å². The van der Waals surface area contributed by atoms with Crippen LogP contribution in [-0.4, -0.2) is 39.2 Å². The summed E-state index contributed by atoms with van der Waals surface area (Å²) in [5.74, 6) is -2.10. The molecule has 0 saturated carbocycles. The van der Waals surface area contributed by atoms with Gasteiger partial charge in [-0.15, -0.1) is 0 Å². The molecule has 0 fully saturated rings. The van der Waals surface area contributed by atoms with Crippen LogP contribution in [0.5, 0.6) is 0 Å². The van der Waals surface area contributed by atoms with Gasteiger partial charge in [0.15, 0.2) is 0 Å². The molecule has 2 aromatic carbocycles. The first-order chi connectivity index (χ1) is 13.0. The van der Waals surface area contributed by atoms with E-state index >= 15 is 0 Å².